The first-order valence-electron chi connectivity index (χ1n) is 10.6. The van der Waals surface area contributed by atoms with Crippen LogP contribution in [0.2, 0.25) is 0 Å². The summed E-state index contributed by atoms with van der Waals surface area (Å²) in [6.07, 6.45) is 0. The molecule has 0 saturated heterocycles. The van der Waals surface area contributed by atoms with Gasteiger partial charge in [-0.1, -0.05) is 36.4 Å². The Hall–Kier alpha value is -4.46. The number of ether oxygens (including phenoxy) is 4. The summed E-state index contributed by atoms with van der Waals surface area (Å²) < 4.78 is 21.5. The molecule has 8 heteroatoms. The number of anilines is 1. The smallest absolute Gasteiger partial charge is 0.278 e. The quantitative estimate of drug-likeness (QED) is 0.539. The van der Waals surface area contributed by atoms with Gasteiger partial charge in [0.1, 0.15) is 17.2 Å². The van der Waals surface area contributed by atoms with Gasteiger partial charge in [-0.15, -0.1) is 0 Å². The maximum Gasteiger partial charge on any atom is 0.278 e. The molecule has 0 aromatic heterocycles. The summed E-state index contributed by atoms with van der Waals surface area (Å²) in [6.45, 7) is 0.243. The van der Waals surface area contributed by atoms with Crippen LogP contribution in [0.4, 0.5) is 5.69 Å². The van der Waals surface area contributed by atoms with Crippen molar-refractivity contribution < 1.29 is 28.5 Å². The molecule has 172 valence electrons. The fourth-order valence-electron chi connectivity index (χ4n) is 3.97. The normalized spacial score (nSPS) is 14.6. The monoisotopic (exact) mass is 458 g/mol. The Morgan fingerprint density at radius 1 is 0.882 bits per heavy atom. The summed E-state index contributed by atoms with van der Waals surface area (Å²) >= 11 is 0. The van der Waals surface area contributed by atoms with Crippen LogP contribution in [0, 0.1) is 0 Å². The van der Waals surface area contributed by atoms with Crippen molar-refractivity contribution in [2.45, 2.75) is 6.54 Å². The Morgan fingerprint density at radius 3 is 2.44 bits per heavy atom. The highest BCUT2D eigenvalue weighted by Gasteiger charge is 2.39. The van der Waals surface area contributed by atoms with Crippen molar-refractivity contribution >= 4 is 23.1 Å². The highest BCUT2D eigenvalue weighted by atomic mass is 16.7. The molecule has 0 atom stereocenters. The van der Waals surface area contributed by atoms with Gasteiger partial charge >= 0.3 is 0 Å². The molecule has 0 bridgehead atoms. The number of fused-ring (bicyclic) bond motifs is 1. The summed E-state index contributed by atoms with van der Waals surface area (Å²) in [6, 6.07) is 19.7. The van der Waals surface area contributed by atoms with Crippen LogP contribution in [0.25, 0.3) is 5.57 Å². The van der Waals surface area contributed by atoms with E-state index in [1.54, 1.807) is 49.6 Å². The number of carbonyl (C=O) groups excluding carboxylic acids is 2. The number of nitrogens with zero attached hydrogens (tertiary/aromatic N) is 1. The van der Waals surface area contributed by atoms with Crippen LogP contribution in [-0.4, -0.2) is 37.7 Å². The molecule has 2 heterocycles. The molecular weight excluding hydrogens is 436 g/mol. The van der Waals surface area contributed by atoms with E-state index in [1.165, 1.54) is 12.0 Å². The molecule has 0 saturated carbocycles. The Labute approximate surface area is 196 Å². The molecular formula is C26H22N2O6. The average molecular weight is 458 g/mol. The van der Waals surface area contributed by atoms with Crippen LogP contribution in [0.5, 0.6) is 23.0 Å². The van der Waals surface area contributed by atoms with Crippen LogP contribution >= 0.6 is 0 Å². The zero-order valence-electron chi connectivity index (χ0n) is 18.7. The number of nitrogens with one attached hydrogen (secondary N) is 1. The molecule has 1 N–H and O–H groups in total. The topological polar surface area (TPSA) is 86.3 Å². The molecule has 34 heavy (non-hydrogen) atoms. The van der Waals surface area contributed by atoms with E-state index in [-0.39, 0.29) is 24.9 Å². The van der Waals surface area contributed by atoms with Crippen molar-refractivity contribution in [1.29, 1.82) is 0 Å². The second-order valence-electron chi connectivity index (χ2n) is 7.69. The van der Waals surface area contributed by atoms with Crippen molar-refractivity contribution in [2.24, 2.45) is 0 Å². The Kier molecular flexibility index (Phi) is 5.55. The predicted octanol–water partition coefficient (Wildman–Crippen LogP) is 3.82. The number of methoxy groups -OCH3 is 2. The van der Waals surface area contributed by atoms with Gasteiger partial charge in [-0.25, -0.2) is 0 Å². The standard InChI is InChI=1S/C26H22N2O6/c1-31-18-9-10-19(21(13-18)32-2)27-24-23(17-6-4-3-5-7-17)25(29)28(26(24)30)14-16-8-11-20-22(12-16)34-15-33-20/h3-13,27H,14-15H2,1-2H3. The highest BCUT2D eigenvalue weighted by molar-refractivity contribution is 6.36. The Bertz CT molecular complexity index is 1300. The minimum Gasteiger partial charge on any atom is -0.497 e. The molecule has 2 amide bonds. The van der Waals surface area contributed by atoms with Gasteiger partial charge in [-0.3, -0.25) is 14.5 Å². The van der Waals surface area contributed by atoms with Gasteiger partial charge in [0.25, 0.3) is 11.8 Å². The van der Waals surface area contributed by atoms with Gasteiger partial charge in [0.05, 0.1) is 32.0 Å². The van der Waals surface area contributed by atoms with Gasteiger partial charge in [-0.2, -0.15) is 0 Å². The minimum atomic E-state index is -0.431. The summed E-state index contributed by atoms with van der Waals surface area (Å²) in [4.78, 5) is 28.3. The lowest BCUT2D eigenvalue weighted by Gasteiger charge is -2.16. The second kappa shape index (κ2) is 8.82. The maximum absolute atomic E-state index is 13.5. The number of rotatable bonds is 7. The van der Waals surface area contributed by atoms with Crippen molar-refractivity contribution in [3.8, 4) is 23.0 Å². The van der Waals surface area contributed by atoms with Gasteiger partial charge in [0, 0.05) is 6.07 Å². The number of hydrogen-bond acceptors (Lipinski definition) is 7. The van der Waals surface area contributed by atoms with Crippen molar-refractivity contribution in [2.75, 3.05) is 26.3 Å². The molecule has 0 radical (unpaired) electrons. The third kappa shape index (κ3) is 3.79. The van der Waals surface area contributed by atoms with Gasteiger partial charge in [0.2, 0.25) is 6.79 Å². The molecule has 5 rings (SSSR count). The van der Waals surface area contributed by atoms with Crippen molar-refractivity contribution in [1.82, 2.24) is 4.90 Å². The Balaban J connectivity index is 1.51. The van der Waals surface area contributed by atoms with E-state index in [0.717, 1.165) is 5.56 Å². The van der Waals surface area contributed by atoms with Gasteiger partial charge in [0.15, 0.2) is 11.5 Å². The van der Waals surface area contributed by atoms with E-state index in [1.807, 2.05) is 24.3 Å². The third-order valence-corrected chi connectivity index (χ3v) is 5.68. The molecule has 0 aliphatic carbocycles. The summed E-state index contributed by atoms with van der Waals surface area (Å²) in [7, 11) is 3.09. The fraction of sp³-hybridized carbons (Fsp3) is 0.154. The molecule has 2 aliphatic heterocycles. The van der Waals surface area contributed by atoms with Crippen LogP contribution in [0.1, 0.15) is 11.1 Å². The third-order valence-electron chi connectivity index (χ3n) is 5.68. The number of amides is 2. The summed E-state index contributed by atoms with van der Waals surface area (Å²) in [5.41, 5.74) is 2.41. The van der Waals surface area contributed by atoms with Crippen LogP contribution < -0.4 is 24.3 Å². The number of benzene rings is 3. The largest absolute Gasteiger partial charge is 0.497 e. The first-order chi connectivity index (χ1) is 16.6. The molecule has 0 unspecified atom stereocenters. The number of carbonyl (C=O) groups is 2. The lowest BCUT2D eigenvalue weighted by Crippen LogP contribution is -2.32. The summed E-state index contributed by atoms with van der Waals surface area (Å²) in [5.74, 6) is 1.50. The lowest BCUT2D eigenvalue weighted by atomic mass is 10.0. The van der Waals surface area contributed by atoms with E-state index >= 15 is 0 Å². The summed E-state index contributed by atoms with van der Waals surface area (Å²) in [5, 5.41) is 3.14. The zero-order chi connectivity index (χ0) is 23.7. The first-order valence-corrected chi connectivity index (χ1v) is 10.6. The van der Waals surface area contributed by atoms with E-state index in [0.29, 0.717) is 39.8 Å². The first kappa shape index (κ1) is 21.4. The molecule has 2 aliphatic rings. The van der Waals surface area contributed by atoms with Gasteiger partial charge in [-0.05, 0) is 35.4 Å². The second-order valence-corrected chi connectivity index (χ2v) is 7.69. The van der Waals surface area contributed by atoms with Crippen LogP contribution in [-0.2, 0) is 16.1 Å². The SMILES string of the molecule is COc1ccc(NC2=C(c3ccccc3)C(=O)N(Cc3ccc4c(c3)OCO4)C2=O)c(OC)c1. The van der Waals surface area contributed by atoms with Crippen LogP contribution in [0.3, 0.4) is 0 Å². The lowest BCUT2D eigenvalue weighted by molar-refractivity contribution is -0.137. The Morgan fingerprint density at radius 2 is 1.68 bits per heavy atom. The van der Waals surface area contributed by atoms with E-state index < -0.39 is 5.91 Å². The van der Waals surface area contributed by atoms with E-state index in [2.05, 4.69) is 5.32 Å². The predicted molar refractivity (Wildman–Crippen MR) is 125 cm³/mol. The zero-order valence-corrected chi connectivity index (χ0v) is 18.7. The van der Waals surface area contributed by atoms with Crippen molar-refractivity contribution in [3.63, 3.8) is 0 Å². The maximum atomic E-state index is 13.5. The fourth-order valence-corrected chi connectivity index (χ4v) is 3.97. The highest BCUT2D eigenvalue weighted by Crippen LogP contribution is 2.37. The van der Waals surface area contributed by atoms with E-state index in [9.17, 15) is 9.59 Å². The van der Waals surface area contributed by atoms with E-state index in [4.69, 9.17) is 18.9 Å². The minimum absolute atomic E-state index is 0.0928. The molecule has 3 aromatic carbocycles. The number of hydrogen-bond donors (Lipinski definition) is 1. The van der Waals surface area contributed by atoms with Crippen LogP contribution in [0.15, 0.2) is 72.4 Å². The molecule has 3 aromatic rings. The van der Waals surface area contributed by atoms with Crippen molar-refractivity contribution in [3.05, 3.63) is 83.6 Å². The molecule has 8 nitrogen and oxygen atoms in total. The van der Waals surface area contributed by atoms with Gasteiger partial charge < -0.3 is 24.3 Å². The average Bonchev–Trinajstić information content (AvgIpc) is 3.43. The molecule has 0 fully saturated rings. The number of imide groups is 1. The molecule has 0 spiro atoms.